The Balaban J connectivity index is 1.82. The fourth-order valence-electron chi connectivity index (χ4n) is 2.82. The molecular weight excluding hydrogens is 342 g/mol. The van der Waals surface area contributed by atoms with Crippen LogP contribution in [0, 0.1) is 6.92 Å². The van der Waals surface area contributed by atoms with E-state index in [-0.39, 0.29) is 11.9 Å². The van der Waals surface area contributed by atoms with Crippen LogP contribution in [0.1, 0.15) is 36.9 Å². The van der Waals surface area contributed by atoms with E-state index in [2.05, 4.69) is 16.0 Å². The molecule has 3 N–H and O–H groups in total. The van der Waals surface area contributed by atoms with Gasteiger partial charge in [-0.15, -0.1) is 0 Å². The number of carbonyl (C=O) groups excluding carboxylic acids is 2. The first-order valence-electron chi connectivity index (χ1n) is 9.23. The third-order valence-corrected chi connectivity index (χ3v) is 4.46. The summed E-state index contributed by atoms with van der Waals surface area (Å²) in [5.74, 6) is -0.0492. The van der Waals surface area contributed by atoms with Crippen molar-refractivity contribution in [3.63, 3.8) is 0 Å². The van der Waals surface area contributed by atoms with Crippen molar-refractivity contribution in [1.82, 2.24) is 5.32 Å². The molecule has 2 aromatic carbocycles. The predicted molar refractivity (Wildman–Crippen MR) is 106 cm³/mol. The van der Waals surface area contributed by atoms with Gasteiger partial charge in [0.15, 0.2) is 0 Å². The van der Waals surface area contributed by atoms with Crippen molar-refractivity contribution in [2.45, 2.75) is 38.8 Å². The van der Waals surface area contributed by atoms with Crippen LogP contribution in [0.15, 0.2) is 48.5 Å². The number of hydrogen-bond acceptors (Lipinski definition) is 4. The van der Waals surface area contributed by atoms with Gasteiger partial charge in [0.1, 0.15) is 6.04 Å². The predicted octanol–water partition coefficient (Wildman–Crippen LogP) is 4.00. The average Bonchev–Trinajstić information content (AvgIpc) is 3.47. The maximum Gasteiger partial charge on any atom is 0.411 e. The van der Waals surface area contributed by atoms with Crippen molar-refractivity contribution in [1.29, 1.82) is 0 Å². The molecule has 0 heterocycles. The van der Waals surface area contributed by atoms with Crippen LogP contribution in [0.4, 0.5) is 16.2 Å². The molecule has 27 heavy (non-hydrogen) atoms. The minimum absolute atomic E-state index is 0.0492. The highest BCUT2D eigenvalue weighted by atomic mass is 16.5. The molecule has 6 nitrogen and oxygen atoms in total. The van der Waals surface area contributed by atoms with Crippen molar-refractivity contribution in [3.8, 4) is 0 Å². The van der Waals surface area contributed by atoms with E-state index < -0.39 is 12.1 Å². The molecule has 0 aliphatic heterocycles. The second kappa shape index (κ2) is 8.58. The molecule has 0 saturated heterocycles. The van der Waals surface area contributed by atoms with E-state index in [1.165, 1.54) is 0 Å². The smallest absolute Gasteiger partial charge is 0.411 e. The molecule has 0 aromatic heterocycles. The van der Waals surface area contributed by atoms with Crippen LogP contribution in [-0.4, -0.2) is 24.6 Å². The lowest BCUT2D eigenvalue weighted by Gasteiger charge is -2.22. The van der Waals surface area contributed by atoms with Gasteiger partial charge in [-0.3, -0.25) is 10.1 Å². The fourth-order valence-corrected chi connectivity index (χ4v) is 2.82. The summed E-state index contributed by atoms with van der Waals surface area (Å²) in [6.07, 6.45) is 1.57. The Kier molecular flexibility index (Phi) is 5.96. The number of hydrogen-bond donors (Lipinski definition) is 3. The minimum Gasteiger partial charge on any atom is -0.450 e. The molecule has 142 valence electrons. The van der Waals surface area contributed by atoms with Gasteiger partial charge in [-0.25, -0.2) is 4.79 Å². The lowest BCUT2D eigenvalue weighted by Crippen LogP contribution is -2.35. The Morgan fingerprint density at radius 2 is 1.78 bits per heavy atom. The highest BCUT2D eigenvalue weighted by Crippen LogP contribution is 2.28. The van der Waals surface area contributed by atoms with Crippen LogP contribution >= 0.6 is 0 Å². The molecule has 0 spiro atoms. The highest BCUT2D eigenvalue weighted by Gasteiger charge is 2.28. The van der Waals surface area contributed by atoms with E-state index >= 15 is 0 Å². The largest absolute Gasteiger partial charge is 0.450 e. The number of amides is 2. The normalized spacial score (nSPS) is 14.1. The molecule has 1 aliphatic rings. The van der Waals surface area contributed by atoms with E-state index in [1.54, 1.807) is 13.0 Å². The Morgan fingerprint density at radius 1 is 1.07 bits per heavy atom. The topological polar surface area (TPSA) is 79.5 Å². The summed E-state index contributed by atoms with van der Waals surface area (Å²) < 4.78 is 4.95. The van der Waals surface area contributed by atoms with Gasteiger partial charge in [0, 0.05) is 17.4 Å². The van der Waals surface area contributed by atoms with Crippen LogP contribution in [0.2, 0.25) is 0 Å². The summed E-state index contributed by atoms with van der Waals surface area (Å²) in [6, 6.07) is 14.9. The van der Waals surface area contributed by atoms with Crippen LogP contribution in [0.25, 0.3) is 0 Å². The number of nitrogens with one attached hydrogen (secondary N) is 3. The van der Waals surface area contributed by atoms with Gasteiger partial charge in [-0.2, -0.15) is 0 Å². The van der Waals surface area contributed by atoms with Gasteiger partial charge in [0.05, 0.1) is 6.61 Å². The number of benzene rings is 2. The zero-order valence-corrected chi connectivity index (χ0v) is 15.6. The van der Waals surface area contributed by atoms with E-state index in [0.29, 0.717) is 12.3 Å². The summed E-state index contributed by atoms with van der Waals surface area (Å²) in [5.41, 5.74) is 3.15. The summed E-state index contributed by atoms with van der Waals surface area (Å²) in [7, 11) is 0. The number of anilines is 2. The minimum atomic E-state index is -0.511. The zero-order chi connectivity index (χ0) is 19.2. The molecule has 1 saturated carbocycles. The molecule has 0 radical (unpaired) electrons. The Hall–Kier alpha value is -3.02. The van der Waals surface area contributed by atoms with Gasteiger partial charge in [0.25, 0.3) is 0 Å². The first-order chi connectivity index (χ1) is 13.1. The SMILES string of the molecule is CCOC(=O)Nc1cccc(N[C@@H](C(=O)NC2CC2)c2ccccc2)c1C. The molecule has 0 bridgehead atoms. The Labute approximate surface area is 159 Å². The van der Waals surface area contributed by atoms with Crippen molar-refractivity contribution in [2.75, 3.05) is 17.2 Å². The van der Waals surface area contributed by atoms with Crippen molar-refractivity contribution in [2.24, 2.45) is 0 Å². The molecule has 2 amide bonds. The fraction of sp³-hybridized carbons (Fsp3) is 0.333. The van der Waals surface area contributed by atoms with Gasteiger partial charge >= 0.3 is 6.09 Å². The first-order valence-corrected chi connectivity index (χ1v) is 9.23. The van der Waals surface area contributed by atoms with Gasteiger partial charge in [0.2, 0.25) is 5.91 Å². The third-order valence-electron chi connectivity index (χ3n) is 4.46. The molecular formula is C21H25N3O3. The van der Waals surface area contributed by atoms with Crippen LogP contribution < -0.4 is 16.0 Å². The monoisotopic (exact) mass is 367 g/mol. The van der Waals surface area contributed by atoms with E-state index in [4.69, 9.17) is 4.74 Å². The quantitative estimate of drug-likeness (QED) is 0.691. The molecule has 3 rings (SSSR count). The van der Waals surface area contributed by atoms with E-state index in [0.717, 1.165) is 29.7 Å². The summed E-state index contributed by atoms with van der Waals surface area (Å²) >= 11 is 0. The van der Waals surface area contributed by atoms with Crippen LogP contribution in [0.5, 0.6) is 0 Å². The zero-order valence-electron chi connectivity index (χ0n) is 15.6. The summed E-state index contributed by atoms with van der Waals surface area (Å²) in [4.78, 5) is 24.5. The third kappa shape index (κ3) is 5.00. The second-order valence-corrected chi connectivity index (χ2v) is 6.59. The standard InChI is InChI=1S/C21H25N3O3/c1-3-27-21(26)24-18-11-7-10-17(14(18)2)23-19(15-8-5-4-6-9-15)20(25)22-16-12-13-16/h4-11,16,19,23H,3,12-13H2,1-2H3,(H,22,25)(H,24,26)/t19-/m1/s1. The van der Waals surface area contributed by atoms with Crippen molar-refractivity contribution < 1.29 is 14.3 Å². The van der Waals surface area contributed by atoms with Gasteiger partial charge < -0.3 is 15.4 Å². The molecule has 2 aromatic rings. The molecule has 1 aliphatic carbocycles. The van der Waals surface area contributed by atoms with Crippen molar-refractivity contribution >= 4 is 23.4 Å². The maximum absolute atomic E-state index is 12.8. The highest BCUT2D eigenvalue weighted by molar-refractivity contribution is 5.89. The molecule has 6 heteroatoms. The molecule has 1 fully saturated rings. The lowest BCUT2D eigenvalue weighted by atomic mass is 10.0. The summed E-state index contributed by atoms with van der Waals surface area (Å²) in [6.45, 7) is 3.96. The number of carbonyl (C=O) groups is 2. The number of ether oxygens (including phenoxy) is 1. The van der Waals surface area contributed by atoms with Crippen molar-refractivity contribution in [3.05, 3.63) is 59.7 Å². The average molecular weight is 367 g/mol. The lowest BCUT2D eigenvalue weighted by molar-refractivity contribution is -0.122. The second-order valence-electron chi connectivity index (χ2n) is 6.59. The van der Waals surface area contributed by atoms with E-state index in [1.807, 2.05) is 49.4 Å². The first kappa shape index (κ1) is 18.8. The van der Waals surface area contributed by atoms with Crippen LogP contribution in [0.3, 0.4) is 0 Å². The molecule has 1 atom stereocenters. The maximum atomic E-state index is 12.8. The van der Waals surface area contributed by atoms with Gasteiger partial charge in [-0.05, 0) is 49.9 Å². The number of rotatable bonds is 7. The van der Waals surface area contributed by atoms with Crippen LogP contribution in [-0.2, 0) is 9.53 Å². The van der Waals surface area contributed by atoms with Gasteiger partial charge in [-0.1, -0.05) is 36.4 Å². The summed E-state index contributed by atoms with van der Waals surface area (Å²) in [5, 5.41) is 9.14. The molecule has 0 unspecified atom stereocenters. The Morgan fingerprint density at radius 3 is 2.44 bits per heavy atom. The van der Waals surface area contributed by atoms with E-state index in [9.17, 15) is 9.59 Å². The Bertz CT molecular complexity index is 804.